The van der Waals surface area contributed by atoms with Crippen molar-refractivity contribution in [2.75, 3.05) is 20.1 Å². The van der Waals surface area contributed by atoms with E-state index < -0.39 is 6.10 Å². The van der Waals surface area contributed by atoms with Gasteiger partial charge in [0.25, 0.3) is 0 Å². The van der Waals surface area contributed by atoms with Gasteiger partial charge in [-0.2, -0.15) is 0 Å². The Morgan fingerprint density at radius 3 is 2.33 bits per heavy atom. The molecule has 0 heterocycles. The van der Waals surface area contributed by atoms with E-state index in [1.54, 1.807) is 6.07 Å². The summed E-state index contributed by atoms with van der Waals surface area (Å²) < 4.78 is 0. The van der Waals surface area contributed by atoms with E-state index in [2.05, 4.69) is 11.8 Å². The molecule has 0 aliphatic carbocycles. The molecule has 0 aliphatic rings. The smallest absolute Gasteiger partial charge is 0.157 e. The molecule has 21 heavy (non-hydrogen) atoms. The lowest BCUT2D eigenvalue weighted by atomic mass is 10.1. The van der Waals surface area contributed by atoms with E-state index in [4.69, 9.17) is 0 Å². The van der Waals surface area contributed by atoms with Crippen LogP contribution in [0.1, 0.15) is 57.1 Å². The number of unbranched alkanes of at least 4 members (excludes halogenated alkanes) is 5. The first kappa shape index (κ1) is 17.8. The van der Waals surface area contributed by atoms with Gasteiger partial charge < -0.3 is 20.2 Å². The van der Waals surface area contributed by atoms with E-state index in [0.717, 1.165) is 13.0 Å². The minimum atomic E-state index is -0.651. The van der Waals surface area contributed by atoms with Gasteiger partial charge in [0, 0.05) is 6.54 Å². The van der Waals surface area contributed by atoms with Crippen molar-refractivity contribution < 1.29 is 15.3 Å². The van der Waals surface area contributed by atoms with E-state index in [1.165, 1.54) is 44.2 Å². The van der Waals surface area contributed by atoms with Crippen LogP contribution in [0.5, 0.6) is 11.5 Å². The molecule has 0 radical (unpaired) electrons. The lowest BCUT2D eigenvalue weighted by Gasteiger charge is -2.21. The van der Waals surface area contributed by atoms with E-state index in [1.807, 2.05) is 7.05 Å². The number of aliphatic hydroxyl groups is 1. The number of aliphatic hydroxyl groups excluding tert-OH is 1. The normalized spacial score (nSPS) is 12.8. The predicted molar refractivity (Wildman–Crippen MR) is 85.6 cm³/mol. The molecule has 0 saturated heterocycles. The van der Waals surface area contributed by atoms with Crippen LogP contribution < -0.4 is 0 Å². The van der Waals surface area contributed by atoms with Gasteiger partial charge in [-0.3, -0.25) is 0 Å². The average molecular weight is 295 g/mol. The van der Waals surface area contributed by atoms with Crippen LogP contribution in [0.2, 0.25) is 0 Å². The van der Waals surface area contributed by atoms with Crippen LogP contribution in [0.25, 0.3) is 0 Å². The highest BCUT2D eigenvalue weighted by Gasteiger charge is 2.12. The molecular weight excluding hydrogens is 266 g/mol. The molecule has 0 saturated carbocycles. The topological polar surface area (TPSA) is 63.9 Å². The number of hydrogen-bond acceptors (Lipinski definition) is 4. The standard InChI is InChI=1S/C17H29NO3/c1-3-4-5-6-7-8-11-18(2)13-17(21)14-9-10-15(19)16(20)12-14/h9-10,12,17,19-21H,3-8,11,13H2,1-2H3. The number of nitrogens with zero attached hydrogens (tertiary/aromatic N) is 1. The molecule has 3 N–H and O–H groups in total. The molecule has 0 spiro atoms. The van der Waals surface area contributed by atoms with E-state index in [-0.39, 0.29) is 11.5 Å². The first-order chi connectivity index (χ1) is 10.0. The maximum atomic E-state index is 10.1. The summed E-state index contributed by atoms with van der Waals surface area (Å²) in [6.45, 7) is 3.71. The highest BCUT2D eigenvalue weighted by atomic mass is 16.3. The molecule has 4 nitrogen and oxygen atoms in total. The molecule has 0 amide bonds. The minimum Gasteiger partial charge on any atom is -0.504 e. The van der Waals surface area contributed by atoms with Crippen molar-refractivity contribution in [3.05, 3.63) is 23.8 Å². The Morgan fingerprint density at radius 2 is 1.67 bits per heavy atom. The first-order valence-electron chi connectivity index (χ1n) is 7.93. The molecule has 4 heteroatoms. The van der Waals surface area contributed by atoms with Crippen molar-refractivity contribution in [2.24, 2.45) is 0 Å². The number of hydrogen-bond donors (Lipinski definition) is 3. The highest BCUT2D eigenvalue weighted by molar-refractivity contribution is 5.41. The molecule has 1 rings (SSSR count). The number of rotatable bonds is 10. The summed E-state index contributed by atoms with van der Waals surface area (Å²) >= 11 is 0. The van der Waals surface area contributed by atoms with E-state index in [9.17, 15) is 15.3 Å². The zero-order valence-corrected chi connectivity index (χ0v) is 13.3. The molecular formula is C17H29NO3. The number of phenolic OH excluding ortho intramolecular Hbond substituents is 2. The molecule has 1 aromatic carbocycles. The van der Waals surface area contributed by atoms with Crippen molar-refractivity contribution in [3.63, 3.8) is 0 Å². The average Bonchev–Trinajstić information content (AvgIpc) is 2.45. The molecule has 1 unspecified atom stereocenters. The van der Waals surface area contributed by atoms with Crippen molar-refractivity contribution in [1.29, 1.82) is 0 Å². The lowest BCUT2D eigenvalue weighted by molar-refractivity contribution is 0.125. The minimum absolute atomic E-state index is 0.161. The second-order valence-electron chi connectivity index (χ2n) is 5.79. The first-order valence-corrected chi connectivity index (χ1v) is 7.93. The quantitative estimate of drug-likeness (QED) is 0.457. The summed E-state index contributed by atoms with van der Waals surface area (Å²) in [4.78, 5) is 2.11. The zero-order chi connectivity index (χ0) is 15.7. The van der Waals surface area contributed by atoms with Gasteiger partial charge in [-0.05, 0) is 37.7 Å². The largest absolute Gasteiger partial charge is 0.504 e. The van der Waals surface area contributed by atoms with Crippen molar-refractivity contribution in [1.82, 2.24) is 4.90 Å². The third-order valence-electron chi connectivity index (χ3n) is 3.76. The summed E-state index contributed by atoms with van der Waals surface area (Å²) in [6.07, 6.45) is 6.92. The van der Waals surface area contributed by atoms with Crippen molar-refractivity contribution >= 4 is 0 Å². The molecule has 0 fully saturated rings. The molecule has 1 aromatic rings. The number of aromatic hydroxyl groups is 2. The van der Waals surface area contributed by atoms with Gasteiger partial charge in [-0.25, -0.2) is 0 Å². The van der Waals surface area contributed by atoms with Crippen LogP contribution in [0.3, 0.4) is 0 Å². The van der Waals surface area contributed by atoms with E-state index in [0.29, 0.717) is 12.1 Å². The van der Waals surface area contributed by atoms with Gasteiger partial charge in [0.1, 0.15) is 0 Å². The Hall–Kier alpha value is -1.26. The summed E-state index contributed by atoms with van der Waals surface area (Å²) in [7, 11) is 2.00. The number of benzene rings is 1. The fraction of sp³-hybridized carbons (Fsp3) is 0.647. The second-order valence-corrected chi connectivity index (χ2v) is 5.79. The third kappa shape index (κ3) is 6.82. The van der Waals surface area contributed by atoms with Crippen LogP contribution in [0, 0.1) is 0 Å². The summed E-state index contributed by atoms with van der Waals surface area (Å²) in [5, 5.41) is 28.9. The molecule has 0 bridgehead atoms. The summed E-state index contributed by atoms with van der Waals surface area (Å²) in [5.74, 6) is -0.350. The fourth-order valence-electron chi connectivity index (χ4n) is 2.40. The van der Waals surface area contributed by atoms with Crippen molar-refractivity contribution in [2.45, 2.75) is 51.6 Å². The number of phenols is 2. The van der Waals surface area contributed by atoms with E-state index >= 15 is 0 Å². The van der Waals surface area contributed by atoms with Gasteiger partial charge in [-0.1, -0.05) is 45.1 Å². The summed E-state index contributed by atoms with van der Waals surface area (Å²) in [5.41, 5.74) is 0.625. The van der Waals surface area contributed by atoms with Gasteiger partial charge in [0.15, 0.2) is 11.5 Å². The van der Waals surface area contributed by atoms with Crippen molar-refractivity contribution in [3.8, 4) is 11.5 Å². The summed E-state index contributed by atoms with van der Waals surface area (Å²) in [6, 6.07) is 4.46. The monoisotopic (exact) mass is 295 g/mol. The molecule has 0 aromatic heterocycles. The number of likely N-dealkylation sites (N-methyl/N-ethyl adjacent to an activating group) is 1. The molecule has 1 atom stereocenters. The second kappa shape index (κ2) is 9.64. The lowest BCUT2D eigenvalue weighted by Crippen LogP contribution is -2.25. The third-order valence-corrected chi connectivity index (χ3v) is 3.76. The maximum Gasteiger partial charge on any atom is 0.157 e. The van der Waals surface area contributed by atoms with Gasteiger partial charge >= 0.3 is 0 Å². The van der Waals surface area contributed by atoms with Crippen LogP contribution in [0.15, 0.2) is 18.2 Å². The Morgan fingerprint density at radius 1 is 1.00 bits per heavy atom. The van der Waals surface area contributed by atoms with Gasteiger partial charge in [0.2, 0.25) is 0 Å². The van der Waals surface area contributed by atoms with Crippen LogP contribution in [0.4, 0.5) is 0 Å². The maximum absolute atomic E-state index is 10.1. The van der Waals surface area contributed by atoms with Crippen LogP contribution in [-0.2, 0) is 0 Å². The molecule has 0 aliphatic heterocycles. The van der Waals surface area contributed by atoms with Gasteiger partial charge in [-0.15, -0.1) is 0 Å². The Balaban J connectivity index is 2.26. The van der Waals surface area contributed by atoms with Gasteiger partial charge in [0.05, 0.1) is 6.10 Å². The highest BCUT2D eigenvalue weighted by Crippen LogP contribution is 2.28. The fourth-order valence-corrected chi connectivity index (χ4v) is 2.40. The SMILES string of the molecule is CCCCCCCCN(C)CC(O)c1ccc(O)c(O)c1. The Labute approximate surface area is 128 Å². The molecule has 120 valence electrons. The Bertz CT molecular complexity index is 409. The van der Waals surface area contributed by atoms with Crippen LogP contribution in [-0.4, -0.2) is 40.4 Å². The Kier molecular flexibility index (Phi) is 8.16. The predicted octanol–water partition coefficient (Wildman–Crippen LogP) is 3.42. The zero-order valence-electron chi connectivity index (χ0n) is 13.3. The van der Waals surface area contributed by atoms with Crippen LogP contribution >= 0.6 is 0 Å².